The quantitative estimate of drug-likeness (QED) is 0.218. The number of aryl methyl sites for hydroxylation is 1. The van der Waals surface area contributed by atoms with Crippen molar-refractivity contribution in [2.24, 2.45) is 0 Å². The summed E-state index contributed by atoms with van der Waals surface area (Å²) in [5, 5.41) is 7.81. The van der Waals surface area contributed by atoms with Gasteiger partial charge in [0, 0.05) is 30.5 Å². The molecule has 0 unspecified atom stereocenters. The SMILES string of the molecule is CCN(C)CCCn1c(N(C)C)nc2cc(-n3cnc4cc(-c5ccc(Cl)cc5)sc4c3=O)ccc21.O=C(O)C(F)(F)F. The average Bonchev–Trinajstić information content (AvgIpc) is 3.56. The number of aliphatic carboxylic acids is 1. The second-order valence-electron chi connectivity index (χ2n) is 9.93. The summed E-state index contributed by atoms with van der Waals surface area (Å²) in [6, 6.07) is 15.6. The van der Waals surface area contributed by atoms with Gasteiger partial charge in [0.1, 0.15) is 11.0 Å². The number of rotatable bonds is 8. The third-order valence-corrected chi connectivity index (χ3v) is 8.07. The van der Waals surface area contributed by atoms with Gasteiger partial charge in [0.05, 0.1) is 22.2 Å². The van der Waals surface area contributed by atoms with E-state index in [0.29, 0.717) is 15.2 Å². The Labute approximate surface area is 254 Å². The fourth-order valence-corrected chi connectivity index (χ4v) is 5.50. The number of nitrogens with zero attached hydrogens (tertiary/aromatic N) is 6. The van der Waals surface area contributed by atoms with Gasteiger partial charge in [0.2, 0.25) is 5.95 Å². The average molecular weight is 635 g/mol. The molecule has 0 amide bonds. The summed E-state index contributed by atoms with van der Waals surface area (Å²) in [6.45, 7) is 5.11. The first-order chi connectivity index (χ1) is 20.3. The van der Waals surface area contributed by atoms with Crippen molar-refractivity contribution in [2.75, 3.05) is 39.1 Å². The molecule has 0 atom stereocenters. The van der Waals surface area contributed by atoms with Gasteiger partial charge in [-0.2, -0.15) is 13.2 Å². The van der Waals surface area contributed by atoms with E-state index in [2.05, 4.69) is 34.5 Å². The van der Waals surface area contributed by atoms with Gasteiger partial charge in [-0.15, -0.1) is 11.3 Å². The van der Waals surface area contributed by atoms with Crippen molar-refractivity contribution in [3.63, 3.8) is 0 Å². The molecule has 0 spiro atoms. The maximum Gasteiger partial charge on any atom is 0.490 e. The van der Waals surface area contributed by atoms with Crippen molar-refractivity contribution in [2.45, 2.75) is 26.1 Å². The molecule has 0 saturated heterocycles. The number of imidazole rings is 1. The Morgan fingerprint density at radius 2 is 1.74 bits per heavy atom. The Bertz CT molecular complexity index is 1800. The van der Waals surface area contributed by atoms with Crippen LogP contribution in [0.15, 0.2) is 59.7 Å². The van der Waals surface area contributed by atoms with Gasteiger partial charge in [-0.3, -0.25) is 9.36 Å². The molecule has 228 valence electrons. The number of alkyl halides is 3. The number of halogens is 4. The first kappa shape index (κ1) is 32.0. The lowest BCUT2D eigenvalue weighted by molar-refractivity contribution is -0.192. The van der Waals surface area contributed by atoms with Gasteiger partial charge in [-0.1, -0.05) is 30.7 Å². The van der Waals surface area contributed by atoms with Crippen LogP contribution in [0.4, 0.5) is 19.1 Å². The van der Waals surface area contributed by atoms with Crippen LogP contribution < -0.4 is 10.5 Å². The highest BCUT2D eigenvalue weighted by Crippen LogP contribution is 2.32. The van der Waals surface area contributed by atoms with E-state index in [1.807, 2.05) is 61.5 Å². The summed E-state index contributed by atoms with van der Waals surface area (Å²) in [5.74, 6) is -1.85. The molecule has 3 heterocycles. The Hall–Kier alpha value is -3.94. The maximum absolute atomic E-state index is 13.5. The van der Waals surface area contributed by atoms with Crippen LogP contribution in [0.3, 0.4) is 0 Å². The number of carbonyl (C=O) groups is 1. The van der Waals surface area contributed by atoms with Crippen molar-refractivity contribution >= 4 is 56.1 Å². The number of aromatic nitrogens is 4. The van der Waals surface area contributed by atoms with E-state index in [1.165, 1.54) is 11.3 Å². The molecule has 0 aliphatic carbocycles. The van der Waals surface area contributed by atoms with E-state index in [0.717, 1.165) is 59.2 Å². The highest BCUT2D eigenvalue weighted by atomic mass is 35.5. The number of thiophene rings is 1. The highest BCUT2D eigenvalue weighted by Gasteiger charge is 2.38. The van der Waals surface area contributed by atoms with E-state index < -0.39 is 12.1 Å². The largest absolute Gasteiger partial charge is 0.490 e. The lowest BCUT2D eigenvalue weighted by Gasteiger charge is -2.17. The zero-order valence-corrected chi connectivity index (χ0v) is 25.5. The summed E-state index contributed by atoms with van der Waals surface area (Å²) in [7, 11) is 6.15. The minimum atomic E-state index is -5.08. The highest BCUT2D eigenvalue weighted by molar-refractivity contribution is 7.22. The van der Waals surface area contributed by atoms with Gasteiger partial charge < -0.3 is 19.5 Å². The summed E-state index contributed by atoms with van der Waals surface area (Å²) in [6.07, 6.45) is -2.44. The molecule has 5 rings (SSSR count). The van der Waals surface area contributed by atoms with E-state index >= 15 is 0 Å². The molecule has 0 bridgehead atoms. The molecule has 0 fully saturated rings. The van der Waals surface area contributed by atoms with Crippen LogP contribution in [0, 0.1) is 0 Å². The number of fused-ring (bicyclic) bond motifs is 2. The predicted octanol–water partition coefficient (Wildman–Crippen LogP) is 6.16. The van der Waals surface area contributed by atoms with E-state index in [1.54, 1.807) is 10.9 Å². The second-order valence-corrected chi connectivity index (χ2v) is 11.4. The molecular weight excluding hydrogens is 605 g/mol. The molecule has 0 aliphatic heterocycles. The molecule has 5 aromatic rings. The molecule has 43 heavy (non-hydrogen) atoms. The zero-order chi connectivity index (χ0) is 31.5. The van der Waals surface area contributed by atoms with Crippen LogP contribution in [0.1, 0.15) is 13.3 Å². The summed E-state index contributed by atoms with van der Waals surface area (Å²) >= 11 is 7.48. The minimum absolute atomic E-state index is 0.0839. The maximum atomic E-state index is 13.5. The monoisotopic (exact) mass is 634 g/mol. The third-order valence-electron chi connectivity index (χ3n) is 6.66. The van der Waals surface area contributed by atoms with Crippen molar-refractivity contribution in [1.29, 1.82) is 0 Å². The molecule has 0 saturated carbocycles. The Morgan fingerprint density at radius 1 is 1.07 bits per heavy atom. The van der Waals surface area contributed by atoms with Crippen LogP contribution in [0.5, 0.6) is 0 Å². The molecule has 1 N–H and O–H groups in total. The predicted molar refractivity (Wildman–Crippen MR) is 165 cm³/mol. The minimum Gasteiger partial charge on any atom is -0.475 e. The van der Waals surface area contributed by atoms with Crippen LogP contribution in [-0.2, 0) is 11.3 Å². The molecule has 3 aromatic heterocycles. The number of benzene rings is 2. The fourth-order valence-electron chi connectivity index (χ4n) is 4.33. The van der Waals surface area contributed by atoms with Crippen molar-refractivity contribution in [3.8, 4) is 16.1 Å². The first-order valence-corrected chi connectivity index (χ1v) is 14.4. The molecular formula is C29H30ClF3N6O3S. The van der Waals surface area contributed by atoms with Crippen LogP contribution in [-0.4, -0.2) is 75.5 Å². The van der Waals surface area contributed by atoms with Gasteiger partial charge in [0.25, 0.3) is 5.56 Å². The lowest BCUT2D eigenvalue weighted by atomic mass is 10.2. The molecule has 0 aliphatic rings. The van der Waals surface area contributed by atoms with Crippen LogP contribution in [0.2, 0.25) is 5.02 Å². The van der Waals surface area contributed by atoms with Crippen molar-refractivity contribution in [3.05, 3.63) is 70.2 Å². The van der Waals surface area contributed by atoms with Crippen molar-refractivity contribution < 1.29 is 23.1 Å². The standard InChI is InChI=1S/C27H29ClN6OS.C2HF3O2/c1-5-32(4)13-6-14-33-23-12-11-20(15-21(23)30-27(33)31(2)3)34-17-29-22-16-24(36-25(22)26(34)35)18-7-9-19(28)10-8-18;3-2(4,5)1(6)7/h7-12,15-17H,5-6,13-14H2,1-4H3;(H,6,7). The smallest absolute Gasteiger partial charge is 0.475 e. The van der Waals surface area contributed by atoms with E-state index in [4.69, 9.17) is 26.5 Å². The summed E-state index contributed by atoms with van der Waals surface area (Å²) in [4.78, 5) is 37.2. The Morgan fingerprint density at radius 3 is 2.35 bits per heavy atom. The zero-order valence-electron chi connectivity index (χ0n) is 23.9. The van der Waals surface area contributed by atoms with Gasteiger partial charge in [0.15, 0.2) is 0 Å². The topological polar surface area (TPSA) is 96.5 Å². The normalized spacial score (nSPS) is 11.7. The Balaban J connectivity index is 0.000000541. The van der Waals surface area contributed by atoms with Crippen LogP contribution >= 0.6 is 22.9 Å². The van der Waals surface area contributed by atoms with E-state index in [-0.39, 0.29) is 5.56 Å². The lowest BCUT2D eigenvalue weighted by Crippen LogP contribution is -2.21. The van der Waals surface area contributed by atoms with Gasteiger partial charge in [-0.05, 0) is 68.5 Å². The summed E-state index contributed by atoms with van der Waals surface area (Å²) < 4.78 is 36.2. The van der Waals surface area contributed by atoms with Crippen molar-refractivity contribution in [1.82, 2.24) is 24.0 Å². The van der Waals surface area contributed by atoms with Gasteiger partial charge >= 0.3 is 12.1 Å². The molecule has 0 radical (unpaired) electrons. The number of carboxylic acids is 1. The fraction of sp³-hybridized carbons (Fsp3) is 0.310. The molecule has 2 aromatic carbocycles. The third kappa shape index (κ3) is 7.35. The first-order valence-electron chi connectivity index (χ1n) is 13.2. The number of carboxylic acid groups (broad SMARTS) is 1. The molecule has 14 heteroatoms. The molecule has 9 nitrogen and oxygen atoms in total. The Kier molecular flexibility index (Phi) is 9.78. The van der Waals surface area contributed by atoms with E-state index in [9.17, 15) is 18.0 Å². The number of hydrogen-bond acceptors (Lipinski definition) is 7. The van der Waals surface area contributed by atoms with Crippen LogP contribution in [0.25, 0.3) is 37.4 Å². The second kappa shape index (κ2) is 13.1. The number of hydrogen-bond donors (Lipinski definition) is 1. The van der Waals surface area contributed by atoms with Gasteiger partial charge in [-0.25, -0.2) is 14.8 Å². The number of anilines is 1. The summed E-state index contributed by atoms with van der Waals surface area (Å²) in [5.41, 5.74) is 4.30.